The van der Waals surface area contributed by atoms with Crippen LogP contribution in [0.3, 0.4) is 0 Å². The molecule has 3 atom stereocenters. The van der Waals surface area contributed by atoms with Crippen molar-refractivity contribution in [1.82, 2.24) is 0 Å². The molecular formula is C11H17NO3. The highest BCUT2D eigenvalue weighted by Gasteiger charge is 2.39. The number of rotatable bonds is 3. The maximum Gasteiger partial charge on any atom is 0.166 e. The molecule has 2 rings (SSSR count). The molecule has 0 saturated carbocycles. The third-order valence-corrected chi connectivity index (χ3v) is 2.99. The lowest BCUT2D eigenvalue weighted by atomic mass is 9.99. The van der Waals surface area contributed by atoms with Crippen molar-refractivity contribution in [3.05, 3.63) is 0 Å². The van der Waals surface area contributed by atoms with Gasteiger partial charge in [-0.1, -0.05) is 0 Å². The van der Waals surface area contributed by atoms with E-state index in [4.69, 9.17) is 19.5 Å². The molecule has 0 amide bonds. The fraction of sp³-hybridized carbons (Fsp3) is 0.909. The van der Waals surface area contributed by atoms with Crippen molar-refractivity contribution in [2.45, 2.75) is 38.1 Å². The van der Waals surface area contributed by atoms with E-state index >= 15 is 0 Å². The van der Waals surface area contributed by atoms with Crippen LogP contribution in [0, 0.1) is 17.2 Å². The average Bonchev–Trinajstić information content (AvgIpc) is 2.78. The van der Waals surface area contributed by atoms with Gasteiger partial charge in [-0.3, -0.25) is 0 Å². The van der Waals surface area contributed by atoms with Gasteiger partial charge in [0, 0.05) is 19.6 Å². The highest BCUT2D eigenvalue weighted by Crippen LogP contribution is 2.33. The van der Waals surface area contributed by atoms with Crippen LogP contribution >= 0.6 is 0 Å². The summed E-state index contributed by atoms with van der Waals surface area (Å²) in [5, 5.41) is 8.58. The maximum atomic E-state index is 8.58. The van der Waals surface area contributed by atoms with Crippen LogP contribution in [0.15, 0.2) is 0 Å². The number of nitrogens with zero attached hydrogens (tertiary/aromatic N) is 1. The topological polar surface area (TPSA) is 51.5 Å². The molecule has 84 valence electrons. The van der Waals surface area contributed by atoms with Crippen molar-refractivity contribution in [2.75, 3.05) is 19.8 Å². The summed E-state index contributed by atoms with van der Waals surface area (Å²) in [4.78, 5) is 0. The zero-order chi connectivity index (χ0) is 10.7. The predicted molar refractivity (Wildman–Crippen MR) is 53.0 cm³/mol. The second kappa shape index (κ2) is 4.48. The molecule has 4 heteroatoms. The molecule has 0 spiro atoms. The molecule has 3 unspecified atom stereocenters. The van der Waals surface area contributed by atoms with Crippen molar-refractivity contribution in [2.24, 2.45) is 5.92 Å². The van der Waals surface area contributed by atoms with Gasteiger partial charge in [0.2, 0.25) is 0 Å². The first-order valence-corrected chi connectivity index (χ1v) is 5.48. The molecule has 2 fully saturated rings. The normalized spacial score (nSPS) is 40.5. The van der Waals surface area contributed by atoms with Crippen molar-refractivity contribution >= 4 is 0 Å². The standard InChI is InChI=1S/C11H17NO3/c1-11(6-9-3-5-13-7-9)14-8-10(15-11)2-4-12/h9-10H,2-3,5-8H2,1H3. The Balaban J connectivity index is 1.83. The quantitative estimate of drug-likeness (QED) is 0.709. The zero-order valence-corrected chi connectivity index (χ0v) is 9.07. The lowest BCUT2D eigenvalue weighted by Gasteiger charge is -2.25. The van der Waals surface area contributed by atoms with Gasteiger partial charge in [-0.25, -0.2) is 0 Å². The summed E-state index contributed by atoms with van der Waals surface area (Å²) in [7, 11) is 0. The van der Waals surface area contributed by atoms with Crippen LogP contribution in [0.4, 0.5) is 0 Å². The van der Waals surface area contributed by atoms with Crippen molar-refractivity contribution in [3.63, 3.8) is 0 Å². The number of hydrogen-bond acceptors (Lipinski definition) is 4. The van der Waals surface area contributed by atoms with Gasteiger partial charge in [0.05, 0.1) is 25.2 Å². The minimum Gasteiger partial charge on any atom is -0.381 e. The van der Waals surface area contributed by atoms with Crippen LogP contribution in [0.2, 0.25) is 0 Å². The van der Waals surface area contributed by atoms with Crippen LogP contribution in [0.1, 0.15) is 26.2 Å². The molecule has 15 heavy (non-hydrogen) atoms. The Kier molecular flexibility index (Phi) is 3.25. The van der Waals surface area contributed by atoms with E-state index in [0.717, 1.165) is 26.1 Å². The maximum absolute atomic E-state index is 8.58. The summed E-state index contributed by atoms with van der Waals surface area (Å²) in [5.41, 5.74) is 0. The zero-order valence-electron chi connectivity index (χ0n) is 9.07. The van der Waals surface area contributed by atoms with Crippen LogP contribution in [0.5, 0.6) is 0 Å². The molecule has 2 saturated heterocycles. The third-order valence-electron chi connectivity index (χ3n) is 2.99. The molecule has 2 aliphatic heterocycles. The van der Waals surface area contributed by atoms with Crippen molar-refractivity contribution in [3.8, 4) is 6.07 Å². The Morgan fingerprint density at radius 1 is 1.47 bits per heavy atom. The van der Waals surface area contributed by atoms with E-state index in [2.05, 4.69) is 6.07 Å². The highest BCUT2D eigenvalue weighted by atomic mass is 16.7. The summed E-state index contributed by atoms with van der Waals surface area (Å²) in [5.74, 6) is 0.0377. The first kappa shape index (κ1) is 10.9. The van der Waals surface area contributed by atoms with Crippen molar-refractivity contribution in [1.29, 1.82) is 5.26 Å². The summed E-state index contributed by atoms with van der Waals surface area (Å²) in [6, 6.07) is 2.11. The molecule has 4 nitrogen and oxygen atoms in total. The van der Waals surface area contributed by atoms with Gasteiger partial charge in [0.1, 0.15) is 0 Å². The van der Waals surface area contributed by atoms with Crippen LogP contribution in [-0.2, 0) is 14.2 Å². The first-order chi connectivity index (χ1) is 7.22. The molecule has 0 aromatic heterocycles. The summed E-state index contributed by atoms with van der Waals surface area (Å²) >= 11 is 0. The summed E-state index contributed by atoms with van der Waals surface area (Å²) in [6.07, 6.45) is 2.32. The van der Waals surface area contributed by atoms with Gasteiger partial charge in [0.15, 0.2) is 5.79 Å². The van der Waals surface area contributed by atoms with E-state index in [-0.39, 0.29) is 6.10 Å². The van der Waals surface area contributed by atoms with E-state index in [0.29, 0.717) is 18.9 Å². The first-order valence-electron chi connectivity index (χ1n) is 5.48. The van der Waals surface area contributed by atoms with E-state index in [9.17, 15) is 0 Å². The minimum atomic E-state index is -0.500. The number of ether oxygens (including phenoxy) is 3. The van der Waals surface area contributed by atoms with Gasteiger partial charge in [-0.2, -0.15) is 5.26 Å². The molecule has 0 bridgehead atoms. The van der Waals surface area contributed by atoms with Gasteiger partial charge in [-0.05, 0) is 19.3 Å². The second-order valence-corrected chi connectivity index (χ2v) is 4.48. The van der Waals surface area contributed by atoms with Crippen LogP contribution < -0.4 is 0 Å². The Hall–Kier alpha value is -0.630. The van der Waals surface area contributed by atoms with E-state index in [1.165, 1.54) is 0 Å². The summed E-state index contributed by atoms with van der Waals surface area (Å²) < 4.78 is 16.7. The molecule has 2 heterocycles. The Labute approximate surface area is 90.1 Å². The third kappa shape index (κ3) is 2.69. The highest BCUT2D eigenvalue weighted by molar-refractivity contribution is 4.84. The Bertz CT molecular complexity index is 257. The van der Waals surface area contributed by atoms with Crippen molar-refractivity contribution < 1.29 is 14.2 Å². The summed E-state index contributed by atoms with van der Waals surface area (Å²) in [6.45, 7) is 4.16. The molecule has 0 radical (unpaired) electrons. The van der Waals surface area contributed by atoms with E-state index in [1.807, 2.05) is 6.92 Å². The van der Waals surface area contributed by atoms with Gasteiger partial charge in [-0.15, -0.1) is 0 Å². The molecule has 0 aliphatic carbocycles. The van der Waals surface area contributed by atoms with Crippen LogP contribution in [-0.4, -0.2) is 31.7 Å². The van der Waals surface area contributed by atoms with E-state index < -0.39 is 5.79 Å². The fourth-order valence-corrected chi connectivity index (χ4v) is 2.27. The fourth-order valence-electron chi connectivity index (χ4n) is 2.27. The monoisotopic (exact) mass is 211 g/mol. The largest absolute Gasteiger partial charge is 0.381 e. The lowest BCUT2D eigenvalue weighted by molar-refractivity contribution is -0.165. The smallest absolute Gasteiger partial charge is 0.166 e. The average molecular weight is 211 g/mol. The molecule has 2 aliphatic rings. The minimum absolute atomic E-state index is 0.0534. The SMILES string of the molecule is CC1(CC2CCOC2)OCC(CC#N)O1. The number of nitriles is 1. The molecule has 0 aromatic carbocycles. The predicted octanol–water partition coefficient (Wildman–Crippen LogP) is 1.46. The Morgan fingerprint density at radius 2 is 2.33 bits per heavy atom. The van der Waals surface area contributed by atoms with E-state index in [1.54, 1.807) is 0 Å². The number of hydrogen-bond donors (Lipinski definition) is 0. The van der Waals surface area contributed by atoms with Crippen LogP contribution in [0.25, 0.3) is 0 Å². The molecule has 0 aromatic rings. The second-order valence-electron chi connectivity index (χ2n) is 4.48. The Morgan fingerprint density at radius 3 is 3.00 bits per heavy atom. The lowest BCUT2D eigenvalue weighted by Crippen LogP contribution is -2.30. The molecule has 0 N–H and O–H groups in total. The van der Waals surface area contributed by atoms with Gasteiger partial charge < -0.3 is 14.2 Å². The van der Waals surface area contributed by atoms with Gasteiger partial charge in [0.25, 0.3) is 0 Å². The van der Waals surface area contributed by atoms with Gasteiger partial charge >= 0.3 is 0 Å². The molecular weight excluding hydrogens is 194 g/mol.